The zero-order valence-corrected chi connectivity index (χ0v) is 18.5. The number of carbonyl (C=O) groups is 1. The lowest BCUT2D eigenvalue weighted by molar-refractivity contribution is -0.141. The van der Waals surface area contributed by atoms with Gasteiger partial charge in [0.2, 0.25) is 5.91 Å². The topological polar surface area (TPSA) is 74.5 Å². The Kier molecular flexibility index (Phi) is 5.70. The van der Waals surface area contributed by atoms with Crippen molar-refractivity contribution in [3.63, 3.8) is 0 Å². The summed E-state index contributed by atoms with van der Waals surface area (Å²) in [6, 6.07) is 20.6. The minimum atomic E-state index is -0.316. The molecule has 3 aromatic rings. The van der Waals surface area contributed by atoms with E-state index in [0.717, 1.165) is 74.4 Å². The number of nitrogens with zero attached hydrogens (tertiary/aromatic N) is 3. The van der Waals surface area contributed by atoms with Crippen molar-refractivity contribution in [2.45, 2.75) is 24.7 Å². The first-order valence-electron chi connectivity index (χ1n) is 11.6. The number of carbonyl (C=O) groups excluding carboxylic acids is 1. The van der Waals surface area contributed by atoms with Crippen LogP contribution < -0.4 is 16.0 Å². The van der Waals surface area contributed by atoms with E-state index in [9.17, 15) is 4.79 Å². The Hall–Kier alpha value is -3.12. The lowest BCUT2D eigenvalue weighted by Gasteiger charge is -2.46. The molecule has 1 aliphatic heterocycles. The molecule has 0 unspecified atom stereocenters. The highest BCUT2D eigenvalue weighted by Gasteiger charge is 2.47. The van der Waals surface area contributed by atoms with Crippen LogP contribution in [0.5, 0.6) is 0 Å². The Bertz CT molecular complexity index is 1090. The van der Waals surface area contributed by atoms with E-state index in [-0.39, 0.29) is 5.41 Å². The summed E-state index contributed by atoms with van der Waals surface area (Å²) in [6.45, 7) is 4.34. The monoisotopic (exact) mass is 429 g/mol. The maximum Gasteiger partial charge on any atom is 0.233 e. The molecule has 1 aliphatic carbocycles. The summed E-state index contributed by atoms with van der Waals surface area (Å²) in [7, 11) is 0. The number of anilines is 2. The average molecular weight is 430 g/mol. The molecular formula is C26H31N5O. The van der Waals surface area contributed by atoms with Crippen molar-refractivity contribution in [3.8, 4) is 0 Å². The van der Waals surface area contributed by atoms with E-state index in [2.05, 4.69) is 39.4 Å². The van der Waals surface area contributed by atoms with Crippen LogP contribution in [0.2, 0.25) is 0 Å². The molecule has 32 heavy (non-hydrogen) atoms. The van der Waals surface area contributed by atoms with Crippen molar-refractivity contribution in [2.24, 2.45) is 5.73 Å². The maximum absolute atomic E-state index is 13.6. The van der Waals surface area contributed by atoms with Gasteiger partial charge in [-0.05, 0) is 24.5 Å². The Morgan fingerprint density at radius 2 is 1.72 bits per heavy atom. The van der Waals surface area contributed by atoms with Gasteiger partial charge in [-0.3, -0.25) is 4.79 Å². The Balaban J connectivity index is 1.33. The summed E-state index contributed by atoms with van der Waals surface area (Å²) >= 11 is 0. The molecule has 6 nitrogen and oxygen atoms in total. The second-order valence-electron chi connectivity index (χ2n) is 8.84. The third kappa shape index (κ3) is 3.69. The van der Waals surface area contributed by atoms with Crippen LogP contribution in [0.1, 0.15) is 24.8 Å². The third-order valence-corrected chi connectivity index (χ3v) is 7.00. The minimum absolute atomic E-state index is 0.298. The standard InChI is InChI=1S/C26H31N5O/c27-13-14-28-23-19-24(29-22-10-5-4-9-21(22)23)30-15-17-31(18-16-30)25(32)26(11-6-12-26)20-7-2-1-3-8-20/h1-5,7-10,19H,6,11-18,27H2,(H,28,29). The van der Waals surface area contributed by atoms with Crippen LogP contribution in [0.25, 0.3) is 10.9 Å². The molecule has 0 radical (unpaired) electrons. The van der Waals surface area contributed by atoms with Crippen molar-refractivity contribution < 1.29 is 4.79 Å². The van der Waals surface area contributed by atoms with Crippen LogP contribution in [-0.4, -0.2) is 55.1 Å². The summed E-state index contributed by atoms with van der Waals surface area (Å²) in [5.74, 6) is 1.25. The lowest BCUT2D eigenvalue weighted by Crippen LogP contribution is -2.56. The van der Waals surface area contributed by atoms with E-state index in [4.69, 9.17) is 10.7 Å². The van der Waals surface area contributed by atoms with Gasteiger partial charge in [0.25, 0.3) is 0 Å². The summed E-state index contributed by atoms with van der Waals surface area (Å²) in [5.41, 5.74) is 8.60. The molecule has 6 heteroatoms. The molecule has 1 aromatic heterocycles. The smallest absolute Gasteiger partial charge is 0.233 e. The number of piperazine rings is 1. The lowest BCUT2D eigenvalue weighted by atomic mass is 9.63. The second-order valence-corrected chi connectivity index (χ2v) is 8.84. The molecule has 2 aliphatic rings. The van der Waals surface area contributed by atoms with Crippen molar-refractivity contribution >= 4 is 28.3 Å². The molecular weight excluding hydrogens is 398 g/mol. The Labute approximate surface area is 189 Å². The number of nitrogens with one attached hydrogen (secondary N) is 1. The van der Waals surface area contributed by atoms with Gasteiger partial charge in [-0.25, -0.2) is 4.98 Å². The average Bonchev–Trinajstić information content (AvgIpc) is 2.82. The van der Waals surface area contributed by atoms with Gasteiger partial charge in [-0.2, -0.15) is 0 Å². The molecule has 0 atom stereocenters. The van der Waals surface area contributed by atoms with Gasteiger partial charge in [-0.15, -0.1) is 0 Å². The van der Waals surface area contributed by atoms with E-state index >= 15 is 0 Å². The van der Waals surface area contributed by atoms with Crippen LogP contribution in [0, 0.1) is 0 Å². The van der Waals surface area contributed by atoms with Crippen molar-refractivity contribution in [2.75, 3.05) is 49.5 Å². The normalized spacial score (nSPS) is 17.8. The third-order valence-electron chi connectivity index (χ3n) is 7.00. The van der Waals surface area contributed by atoms with Crippen molar-refractivity contribution in [1.82, 2.24) is 9.88 Å². The zero-order valence-electron chi connectivity index (χ0n) is 18.5. The van der Waals surface area contributed by atoms with E-state index in [1.807, 2.05) is 36.4 Å². The zero-order chi connectivity index (χ0) is 22.0. The van der Waals surface area contributed by atoms with E-state index in [0.29, 0.717) is 12.5 Å². The van der Waals surface area contributed by atoms with Gasteiger partial charge in [0, 0.05) is 56.4 Å². The van der Waals surface area contributed by atoms with Crippen molar-refractivity contribution in [1.29, 1.82) is 0 Å². The largest absolute Gasteiger partial charge is 0.383 e. The number of nitrogens with two attached hydrogens (primary N) is 1. The molecule has 0 spiro atoms. The summed E-state index contributed by atoms with van der Waals surface area (Å²) in [6.07, 6.45) is 3.04. The number of rotatable bonds is 6. The molecule has 1 amide bonds. The van der Waals surface area contributed by atoms with Gasteiger partial charge >= 0.3 is 0 Å². The fourth-order valence-electron chi connectivity index (χ4n) is 5.03. The quantitative estimate of drug-likeness (QED) is 0.628. The maximum atomic E-state index is 13.6. The van der Waals surface area contributed by atoms with Crippen molar-refractivity contribution in [3.05, 3.63) is 66.2 Å². The number of amides is 1. The molecule has 166 valence electrons. The van der Waals surface area contributed by atoms with Crippen LogP contribution in [0.4, 0.5) is 11.5 Å². The first kappa shape index (κ1) is 20.8. The van der Waals surface area contributed by atoms with Gasteiger partial charge < -0.3 is 20.9 Å². The molecule has 2 aromatic carbocycles. The SMILES string of the molecule is NCCNc1cc(N2CCN(C(=O)C3(c4ccccc4)CCC3)CC2)nc2ccccc12. The van der Waals surface area contributed by atoms with E-state index < -0.39 is 0 Å². The van der Waals surface area contributed by atoms with Gasteiger partial charge in [0.15, 0.2) is 0 Å². The summed E-state index contributed by atoms with van der Waals surface area (Å²) in [5, 5.41) is 4.55. The molecule has 1 saturated carbocycles. The first-order chi connectivity index (χ1) is 15.7. The Morgan fingerprint density at radius 1 is 1.00 bits per heavy atom. The molecule has 3 N–H and O–H groups in total. The van der Waals surface area contributed by atoms with Crippen LogP contribution in [-0.2, 0) is 10.2 Å². The van der Waals surface area contributed by atoms with E-state index in [1.54, 1.807) is 0 Å². The number of hydrogen-bond donors (Lipinski definition) is 2. The highest BCUT2D eigenvalue weighted by molar-refractivity contribution is 5.93. The molecule has 5 rings (SSSR count). The second kappa shape index (κ2) is 8.79. The number of aromatic nitrogens is 1. The minimum Gasteiger partial charge on any atom is -0.383 e. The fraction of sp³-hybridized carbons (Fsp3) is 0.385. The summed E-state index contributed by atoms with van der Waals surface area (Å²) < 4.78 is 0. The first-order valence-corrected chi connectivity index (χ1v) is 11.6. The van der Waals surface area contributed by atoms with Gasteiger partial charge in [0.1, 0.15) is 5.82 Å². The Morgan fingerprint density at radius 3 is 2.41 bits per heavy atom. The summed E-state index contributed by atoms with van der Waals surface area (Å²) in [4.78, 5) is 22.8. The number of pyridine rings is 1. The fourth-order valence-corrected chi connectivity index (χ4v) is 5.03. The number of hydrogen-bond acceptors (Lipinski definition) is 5. The van der Waals surface area contributed by atoms with E-state index in [1.165, 1.54) is 5.56 Å². The number of benzene rings is 2. The van der Waals surface area contributed by atoms with Crippen LogP contribution >= 0.6 is 0 Å². The highest BCUT2D eigenvalue weighted by Crippen LogP contribution is 2.45. The number of para-hydroxylation sites is 1. The van der Waals surface area contributed by atoms with Crippen LogP contribution in [0.3, 0.4) is 0 Å². The molecule has 2 heterocycles. The van der Waals surface area contributed by atoms with Gasteiger partial charge in [0.05, 0.1) is 10.9 Å². The predicted molar refractivity (Wildman–Crippen MR) is 130 cm³/mol. The number of fused-ring (bicyclic) bond motifs is 1. The highest BCUT2D eigenvalue weighted by atomic mass is 16.2. The molecule has 2 fully saturated rings. The van der Waals surface area contributed by atoms with Crippen LogP contribution in [0.15, 0.2) is 60.7 Å². The molecule has 1 saturated heterocycles. The predicted octanol–water partition coefficient (Wildman–Crippen LogP) is 3.38. The molecule has 0 bridgehead atoms. The van der Waals surface area contributed by atoms with Gasteiger partial charge in [-0.1, -0.05) is 55.0 Å².